The Morgan fingerprint density at radius 1 is 0.960 bits per heavy atom. The second-order valence-corrected chi connectivity index (χ2v) is 6.77. The second kappa shape index (κ2) is 8.99. The van der Waals surface area contributed by atoms with Crippen molar-refractivity contribution in [2.24, 2.45) is 0 Å². The van der Waals surface area contributed by atoms with Gasteiger partial charge >= 0.3 is 0 Å². The minimum Gasteiger partial charge on any atom is -0.496 e. The third kappa shape index (κ3) is 5.05. The zero-order chi connectivity index (χ0) is 18.4. The minimum atomic E-state index is -0.750. The first-order chi connectivity index (χ1) is 12.0. The SMILES string of the molecule is COc1cc(OC)c2c(=O)cc(-c3ccccc3)oc2c1.ClC(Cl)Cl. The van der Waals surface area contributed by atoms with Gasteiger partial charge in [-0.15, -0.1) is 0 Å². The van der Waals surface area contributed by atoms with Gasteiger partial charge in [-0.05, 0) is 0 Å². The molecule has 1 heterocycles. The van der Waals surface area contributed by atoms with Crippen molar-refractivity contribution in [2.75, 3.05) is 14.2 Å². The lowest BCUT2D eigenvalue weighted by molar-refractivity contribution is 0.396. The molecule has 0 saturated carbocycles. The molecule has 0 saturated heterocycles. The van der Waals surface area contributed by atoms with Gasteiger partial charge in [-0.25, -0.2) is 0 Å². The number of methoxy groups -OCH3 is 2. The summed E-state index contributed by atoms with van der Waals surface area (Å²) >= 11 is 14.4. The maximum Gasteiger partial charge on any atom is 0.197 e. The first kappa shape index (κ1) is 19.4. The Morgan fingerprint density at radius 2 is 1.60 bits per heavy atom. The molecule has 0 radical (unpaired) electrons. The van der Waals surface area contributed by atoms with E-state index in [0.29, 0.717) is 28.2 Å². The molecule has 25 heavy (non-hydrogen) atoms. The number of halogens is 3. The molecule has 0 fully saturated rings. The molecular weight excluding hydrogens is 387 g/mol. The smallest absolute Gasteiger partial charge is 0.197 e. The summed E-state index contributed by atoms with van der Waals surface area (Å²) < 4.78 is 15.6. The van der Waals surface area contributed by atoms with Crippen LogP contribution in [-0.2, 0) is 0 Å². The average Bonchev–Trinajstić information content (AvgIpc) is 2.60. The van der Waals surface area contributed by atoms with Crippen molar-refractivity contribution in [1.82, 2.24) is 0 Å². The zero-order valence-corrected chi connectivity index (χ0v) is 15.7. The lowest BCUT2D eigenvalue weighted by atomic mass is 10.1. The third-order valence-electron chi connectivity index (χ3n) is 3.28. The van der Waals surface area contributed by atoms with Gasteiger partial charge < -0.3 is 13.9 Å². The molecule has 0 N–H and O–H groups in total. The van der Waals surface area contributed by atoms with Crippen LogP contribution in [0.1, 0.15) is 0 Å². The Morgan fingerprint density at radius 3 is 2.16 bits per heavy atom. The molecule has 132 valence electrons. The standard InChI is InChI=1S/C17H14O4.CHCl3/c1-19-12-8-15(20-2)17-13(18)10-14(21-16(17)9-12)11-6-4-3-5-7-11;2-1(3)4/h3-10H,1-2H3;1H. The molecular formula is C18H15Cl3O4. The number of fused-ring (bicyclic) bond motifs is 1. The van der Waals surface area contributed by atoms with Crippen LogP contribution in [0.15, 0.2) is 57.7 Å². The topological polar surface area (TPSA) is 48.7 Å². The van der Waals surface area contributed by atoms with Gasteiger partial charge in [-0.3, -0.25) is 4.79 Å². The highest BCUT2D eigenvalue weighted by Crippen LogP contribution is 2.31. The first-order valence-electron chi connectivity index (χ1n) is 7.13. The molecule has 0 amide bonds. The number of alkyl halides is 3. The summed E-state index contributed by atoms with van der Waals surface area (Å²) in [6.07, 6.45) is 0. The molecule has 0 aliphatic rings. The number of benzene rings is 2. The van der Waals surface area contributed by atoms with Gasteiger partial charge in [0.15, 0.2) is 9.72 Å². The zero-order valence-electron chi connectivity index (χ0n) is 13.5. The van der Waals surface area contributed by atoms with Gasteiger partial charge in [0, 0.05) is 23.8 Å². The highest BCUT2D eigenvalue weighted by Gasteiger charge is 2.13. The van der Waals surface area contributed by atoms with Crippen LogP contribution in [0, 0.1) is 0 Å². The Labute approximate surface area is 159 Å². The largest absolute Gasteiger partial charge is 0.496 e. The predicted octanol–water partition coefficient (Wildman–Crippen LogP) is 5.46. The lowest BCUT2D eigenvalue weighted by Gasteiger charge is -2.09. The maximum absolute atomic E-state index is 12.4. The van der Waals surface area contributed by atoms with Crippen LogP contribution >= 0.6 is 34.8 Å². The fourth-order valence-electron chi connectivity index (χ4n) is 2.25. The summed E-state index contributed by atoms with van der Waals surface area (Å²) in [5, 5.41) is 0.415. The normalized spacial score (nSPS) is 10.3. The van der Waals surface area contributed by atoms with E-state index in [-0.39, 0.29) is 5.43 Å². The second-order valence-electron chi connectivity index (χ2n) is 4.79. The number of hydrogen-bond donors (Lipinski definition) is 0. The predicted molar refractivity (Wildman–Crippen MR) is 102 cm³/mol. The van der Waals surface area contributed by atoms with Crippen LogP contribution in [0.3, 0.4) is 0 Å². The summed E-state index contributed by atoms with van der Waals surface area (Å²) in [7, 11) is 3.07. The minimum absolute atomic E-state index is 0.144. The van der Waals surface area contributed by atoms with Gasteiger partial charge in [0.2, 0.25) is 0 Å². The van der Waals surface area contributed by atoms with Crippen molar-refractivity contribution in [3.63, 3.8) is 0 Å². The van der Waals surface area contributed by atoms with Crippen LogP contribution < -0.4 is 14.9 Å². The highest BCUT2D eigenvalue weighted by atomic mass is 35.6. The summed E-state index contributed by atoms with van der Waals surface area (Å²) in [4.78, 5) is 12.4. The lowest BCUT2D eigenvalue weighted by Crippen LogP contribution is -2.03. The fourth-order valence-corrected chi connectivity index (χ4v) is 2.25. The Kier molecular flexibility index (Phi) is 7.00. The van der Waals surface area contributed by atoms with Gasteiger partial charge in [-0.1, -0.05) is 65.1 Å². The van der Waals surface area contributed by atoms with Gasteiger partial charge in [0.05, 0.1) is 14.2 Å². The molecule has 3 rings (SSSR count). The molecule has 1 aromatic heterocycles. The van der Waals surface area contributed by atoms with E-state index in [1.165, 1.54) is 13.2 Å². The molecule has 0 unspecified atom stereocenters. The van der Waals surface area contributed by atoms with E-state index in [1.807, 2.05) is 30.3 Å². The average molecular weight is 402 g/mol. The molecule has 0 spiro atoms. The van der Waals surface area contributed by atoms with Crippen LogP contribution in [0.2, 0.25) is 0 Å². The van der Waals surface area contributed by atoms with E-state index >= 15 is 0 Å². The van der Waals surface area contributed by atoms with E-state index in [0.717, 1.165) is 5.56 Å². The molecule has 4 nitrogen and oxygen atoms in total. The van der Waals surface area contributed by atoms with Crippen LogP contribution in [0.5, 0.6) is 11.5 Å². The first-order valence-corrected chi connectivity index (χ1v) is 8.44. The van der Waals surface area contributed by atoms with Crippen molar-refractivity contribution < 1.29 is 13.9 Å². The summed E-state index contributed by atoms with van der Waals surface area (Å²) in [5.41, 5.74) is 1.14. The number of rotatable bonds is 3. The van der Waals surface area contributed by atoms with Crippen molar-refractivity contribution in [3.8, 4) is 22.8 Å². The van der Waals surface area contributed by atoms with E-state index < -0.39 is 4.30 Å². The molecule has 2 aromatic carbocycles. The third-order valence-corrected chi connectivity index (χ3v) is 3.28. The monoisotopic (exact) mass is 400 g/mol. The molecule has 0 bridgehead atoms. The molecule has 0 aliphatic carbocycles. The fraction of sp³-hybridized carbons (Fsp3) is 0.167. The van der Waals surface area contributed by atoms with Crippen molar-refractivity contribution in [1.29, 1.82) is 0 Å². The van der Waals surface area contributed by atoms with Crippen molar-refractivity contribution in [2.45, 2.75) is 4.30 Å². The number of ether oxygens (including phenoxy) is 2. The van der Waals surface area contributed by atoms with E-state index in [1.54, 1.807) is 19.2 Å². The Hall–Kier alpha value is -1.88. The number of hydrogen-bond acceptors (Lipinski definition) is 4. The molecule has 7 heteroatoms. The van der Waals surface area contributed by atoms with E-state index in [2.05, 4.69) is 0 Å². The Bertz CT molecular complexity index is 889. The maximum atomic E-state index is 12.4. The summed E-state index contributed by atoms with van der Waals surface area (Å²) in [5.74, 6) is 1.54. The molecule has 0 atom stereocenters. The highest BCUT2D eigenvalue weighted by molar-refractivity contribution is 6.63. The molecule has 0 aliphatic heterocycles. The van der Waals surface area contributed by atoms with Crippen LogP contribution in [0.25, 0.3) is 22.3 Å². The van der Waals surface area contributed by atoms with E-state index in [4.69, 9.17) is 48.7 Å². The summed E-state index contributed by atoms with van der Waals surface area (Å²) in [6, 6.07) is 14.3. The summed E-state index contributed by atoms with van der Waals surface area (Å²) in [6.45, 7) is 0. The van der Waals surface area contributed by atoms with Crippen LogP contribution in [-0.4, -0.2) is 18.5 Å². The van der Waals surface area contributed by atoms with Gasteiger partial charge in [-0.2, -0.15) is 0 Å². The van der Waals surface area contributed by atoms with Crippen molar-refractivity contribution in [3.05, 3.63) is 58.8 Å². The molecule has 3 aromatic rings. The van der Waals surface area contributed by atoms with E-state index in [9.17, 15) is 4.79 Å². The Balaban J connectivity index is 0.000000511. The van der Waals surface area contributed by atoms with Gasteiger partial charge in [0.1, 0.15) is 28.2 Å². The van der Waals surface area contributed by atoms with Crippen LogP contribution in [0.4, 0.5) is 0 Å². The van der Waals surface area contributed by atoms with Gasteiger partial charge in [0.25, 0.3) is 0 Å². The quantitative estimate of drug-likeness (QED) is 0.547. The van der Waals surface area contributed by atoms with Crippen molar-refractivity contribution >= 4 is 45.8 Å².